The molecule has 0 aromatic heterocycles. The molecule has 6 heteroatoms. The van der Waals surface area contributed by atoms with Crippen LogP contribution in [0.25, 0.3) is 0 Å². The number of rotatable bonds is 4. The molecule has 0 spiro atoms. The lowest BCUT2D eigenvalue weighted by atomic mass is 9.98. The minimum atomic E-state index is -0.474. The van der Waals surface area contributed by atoms with Gasteiger partial charge in [-0.25, -0.2) is 4.79 Å². The number of nitrogens with zero attached hydrogens (tertiary/aromatic N) is 1. The lowest BCUT2D eigenvalue weighted by Gasteiger charge is -2.33. The molecular weight excluding hydrogens is 234 g/mol. The predicted octanol–water partition coefficient (Wildman–Crippen LogP) is 0.132. The normalized spacial score (nSPS) is 22.0. The zero-order chi connectivity index (χ0) is 13.5. The van der Waals surface area contributed by atoms with Crippen LogP contribution in [0.4, 0.5) is 4.79 Å². The molecular formula is C12H21N3O3. The summed E-state index contributed by atoms with van der Waals surface area (Å²) in [4.78, 5) is 35.8. The zero-order valence-corrected chi connectivity index (χ0v) is 10.9. The van der Waals surface area contributed by atoms with E-state index in [9.17, 15) is 14.4 Å². The third-order valence-electron chi connectivity index (χ3n) is 3.18. The maximum Gasteiger partial charge on any atom is 0.321 e. The van der Waals surface area contributed by atoms with E-state index in [1.54, 1.807) is 13.8 Å². The highest BCUT2D eigenvalue weighted by molar-refractivity contribution is 5.96. The number of aldehydes is 1. The fourth-order valence-electron chi connectivity index (χ4n) is 2.09. The Hall–Kier alpha value is -1.43. The van der Waals surface area contributed by atoms with Crippen molar-refractivity contribution in [2.75, 3.05) is 19.6 Å². The molecule has 3 amide bonds. The molecule has 0 saturated carbocycles. The van der Waals surface area contributed by atoms with E-state index in [2.05, 4.69) is 10.6 Å². The second-order valence-electron chi connectivity index (χ2n) is 4.56. The standard InChI is InChI=1S/C12H21N3O3/c1-3-13-12(18)14-11(17)9(2)15-6-4-5-10(7-15)8-16/h8-10H,3-7H2,1-2H3,(H2,13,14,17,18). The minimum absolute atomic E-state index is 0.00142. The van der Waals surface area contributed by atoms with Gasteiger partial charge in [-0.05, 0) is 33.2 Å². The first-order chi connectivity index (χ1) is 8.58. The Bertz CT molecular complexity index is 320. The van der Waals surface area contributed by atoms with Crippen LogP contribution in [-0.4, -0.2) is 48.8 Å². The average molecular weight is 255 g/mol. The van der Waals surface area contributed by atoms with Gasteiger partial charge in [0.1, 0.15) is 6.29 Å². The number of likely N-dealkylation sites (tertiary alicyclic amines) is 1. The number of hydrogen-bond donors (Lipinski definition) is 2. The second-order valence-corrected chi connectivity index (χ2v) is 4.56. The molecule has 0 aliphatic carbocycles. The summed E-state index contributed by atoms with van der Waals surface area (Å²) in [6, 6.07) is -0.867. The molecule has 1 saturated heterocycles. The maximum atomic E-state index is 11.8. The quantitative estimate of drug-likeness (QED) is 0.700. The molecule has 1 heterocycles. The molecule has 0 bridgehead atoms. The third-order valence-corrected chi connectivity index (χ3v) is 3.18. The van der Waals surface area contributed by atoms with Crippen LogP contribution >= 0.6 is 0 Å². The molecule has 6 nitrogen and oxygen atoms in total. The van der Waals surface area contributed by atoms with Crippen molar-refractivity contribution in [3.8, 4) is 0 Å². The number of amides is 3. The minimum Gasteiger partial charge on any atom is -0.338 e. The van der Waals surface area contributed by atoms with Gasteiger partial charge in [-0.2, -0.15) is 0 Å². The monoisotopic (exact) mass is 255 g/mol. The SMILES string of the molecule is CCNC(=O)NC(=O)C(C)N1CCCC(C=O)C1. The van der Waals surface area contributed by atoms with Gasteiger partial charge in [-0.15, -0.1) is 0 Å². The van der Waals surface area contributed by atoms with Gasteiger partial charge in [0.15, 0.2) is 0 Å². The highest BCUT2D eigenvalue weighted by Crippen LogP contribution is 2.16. The maximum absolute atomic E-state index is 11.8. The molecule has 18 heavy (non-hydrogen) atoms. The Morgan fingerprint density at radius 2 is 2.22 bits per heavy atom. The molecule has 0 radical (unpaired) electrons. The van der Waals surface area contributed by atoms with Crippen molar-refractivity contribution >= 4 is 18.2 Å². The van der Waals surface area contributed by atoms with E-state index in [4.69, 9.17) is 0 Å². The first-order valence-corrected chi connectivity index (χ1v) is 6.36. The zero-order valence-electron chi connectivity index (χ0n) is 10.9. The van der Waals surface area contributed by atoms with Gasteiger partial charge in [-0.3, -0.25) is 15.0 Å². The summed E-state index contributed by atoms with van der Waals surface area (Å²) in [6.07, 6.45) is 2.73. The number of imide groups is 1. The summed E-state index contributed by atoms with van der Waals surface area (Å²) in [5.74, 6) is -0.328. The van der Waals surface area contributed by atoms with Gasteiger partial charge in [0.25, 0.3) is 0 Å². The van der Waals surface area contributed by atoms with E-state index in [0.717, 1.165) is 25.7 Å². The fraction of sp³-hybridized carbons (Fsp3) is 0.750. The summed E-state index contributed by atoms with van der Waals surface area (Å²) in [6.45, 7) is 5.39. The topological polar surface area (TPSA) is 78.5 Å². The van der Waals surface area contributed by atoms with Crippen LogP contribution in [0.1, 0.15) is 26.7 Å². The molecule has 1 aliphatic heterocycles. The van der Waals surface area contributed by atoms with Gasteiger partial charge < -0.3 is 10.1 Å². The van der Waals surface area contributed by atoms with E-state index >= 15 is 0 Å². The van der Waals surface area contributed by atoms with Crippen LogP contribution in [0.15, 0.2) is 0 Å². The number of hydrogen-bond acceptors (Lipinski definition) is 4. The van der Waals surface area contributed by atoms with E-state index in [-0.39, 0.29) is 11.8 Å². The Kier molecular flexibility index (Phi) is 5.77. The van der Waals surface area contributed by atoms with E-state index in [1.165, 1.54) is 0 Å². The molecule has 1 rings (SSSR count). The summed E-state index contributed by atoms with van der Waals surface area (Å²) >= 11 is 0. The highest BCUT2D eigenvalue weighted by Gasteiger charge is 2.27. The third kappa shape index (κ3) is 4.10. The number of nitrogens with one attached hydrogen (secondary N) is 2. The van der Waals surface area contributed by atoms with Gasteiger partial charge in [0, 0.05) is 19.0 Å². The lowest BCUT2D eigenvalue weighted by molar-refractivity contribution is -0.126. The first-order valence-electron chi connectivity index (χ1n) is 6.36. The highest BCUT2D eigenvalue weighted by atomic mass is 16.2. The second kappa shape index (κ2) is 7.10. The Morgan fingerprint density at radius 1 is 1.50 bits per heavy atom. The van der Waals surface area contributed by atoms with Gasteiger partial charge >= 0.3 is 6.03 Å². The van der Waals surface area contributed by atoms with Crippen LogP contribution in [0.3, 0.4) is 0 Å². The molecule has 2 N–H and O–H groups in total. The Labute approximate surface area is 107 Å². The predicted molar refractivity (Wildman–Crippen MR) is 67.0 cm³/mol. The smallest absolute Gasteiger partial charge is 0.321 e. The van der Waals surface area contributed by atoms with Crippen molar-refractivity contribution in [3.63, 3.8) is 0 Å². The Morgan fingerprint density at radius 3 is 2.83 bits per heavy atom. The number of urea groups is 1. The van der Waals surface area contributed by atoms with Crippen LogP contribution in [0.2, 0.25) is 0 Å². The van der Waals surface area contributed by atoms with E-state index < -0.39 is 12.1 Å². The van der Waals surface area contributed by atoms with E-state index in [1.807, 2.05) is 4.90 Å². The largest absolute Gasteiger partial charge is 0.338 e. The summed E-state index contributed by atoms with van der Waals surface area (Å²) < 4.78 is 0. The van der Waals surface area contributed by atoms with E-state index in [0.29, 0.717) is 13.1 Å². The van der Waals surface area contributed by atoms with Crippen LogP contribution < -0.4 is 10.6 Å². The fourth-order valence-corrected chi connectivity index (χ4v) is 2.09. The Balaban J connectivity index is 2.47. The van der Waals surface area contributed by atoms with Crippen molar-refractivity contribution in [2.45, 2.75) is 32.7 Å². The molecule has 2 unspecified atom stereocenters. The average Bonchev–Trinajstić information content (AvgIpc) is 2.38. The summed E-state index contributed by atoms with van der Waals surface area (Å²) in [5.41, 5.74) is 0. The summed E-state index contributed by atoms with van der Waals surface area (Å²) in [5, 5.41) is 4.80. The van der Waals surface area contributed by atoms with Crippen molar-refractivity contribution in [1.82, 2.24) is 15.5 Å². The number of piperidine rings is 1. The van der Waals surface area contributed by atoms with Crippen molar-refractivity contribution in [2.24, 2.45) is 5.92 Å². The molecule has 1 aliphatic rings. The van der Waals surface area contributed by atoms with Gasteiger partial charge in [-0.1, -0.05) is 0 Å². The van der Waals surface area contributed by atoms with Crippen LogP contribution in [0.5, 0.6) is 0 Å². The molecule has 0 aromatic rings. The van der Waals surface area contributed by atoms with Crippen LogP contribution in [-0.2, 0) is 9.59 Å². The first kappa shape index (κ1) is 14.6. The molecule has 0 aromatic carbocycles. The molecule has 1 fully saturated rings. The number of carbonyl (C=O) groups excluding carboxylic acids is 3. The molecule has 102 valence electrons. The van der Waals surface area contributed by atoms with Crippen molar-refractivity contribution < 1.29 is 14.4 Å². The lowest BCUT2D eigenvalue weighted by Crippen LogP contribution is -2.52. The van der Waals surface area contributed by atoms with Gasteiger partial charge in [0.05, 0.1) is 6.04 Å². The molecule has 2 atom stereocenters. The van der Waals surface area contributed by atoms with Crippen LogP contribution in [0, 0.1) is 5.92 Å². The van der Waals surface area contributed by atoms with Crippen molar-refractivity contribution in [3.05, 3.63) is 0 Å². The van der Waals surface area contributed by atoms with Gasteiger partial charge in [0.2, 0.25) is 5.91 Å². The summed E-state index contributed by atoms with van der Waals surface area (Å²) in [7, 11) is 0. The number of carbonyl (C=O) groups is 3. The van der Waals surface area contributed by atoms with Crippen molar-refractivity contribution in [1.29, 1.82) is 0 Å².